The van der Waals surface area contributed by atoms with E-state index in [2.05, 4.69) is 21.2 Å². The molecular weight excluding hydrogens is 345 g/mol. The molecule has 20 heavy (non-hydrogen) atoms. The van der Waals surface area contributed by atoms with Gasteiger partial charge in [-0.15, -0.1) is 0 Å². The zero-order valence-electron chi connectivity index (χ0n) is 10.9. The second-order valence-electron chi connectivity index (χ2n) is 4.30. The van der Waals surface area contributed by atoms with Gasteiger partial charge in [0.05, 0.1) is 5.02 Å². The van der Waals surface area contributed by atoms with Crippen molar-refractivity contribution in [1.29, 1.82) is 0 Å². The van der Waals surface area contributed by atoms with Crippen LogP contribution >= 0.6 is 27.5 Å². The second kappa shape index (κ2) is 7.07. The van der Waals surface area contributed by atoms with Gasteiger partial charge >= 0.3 is 0 Å². The summed E-state index contributed by atoms with van der Waals surface area (Å²) in [6.07, 6.45) is 0. The average Bonchev–Trinajstić information content (AvgIpc) is 2.42. The van der Waals surface area contributed by atoms with E-state index >= 15 is 0 Å². The SMILES string of the molecule is CNCc1ccc(COc2cccc(Cl)c2F)c(Br)c1. The van der Waals surface area contributed by atoms with Crippen LogP contribution in [0, 0.1) is 5.82 Å². The van der Waals surface area contributed by atoms with Gasteiger partial charge in [-0.3, -0.25) is 0 Å². The Labute approximate surface area is 131 Å². The maximum Gasteiger partial charge on any atom is 0.183 e. The summed E-state index contributed by atoms with van der Waals surface area (Å²) >= 11 is 9.21. The summed E-state index contributed by atoms with van der Waals surface area (Å²) < 4.78 is 20.1. The van der Waals surface area contributed by atoms with Crippen molar-refractivity contribution >= 4 is 27.5 Å². The summed E-state index contributed by atoms with van der Waals surface area (Å²) in [5.41, 5.74) is 2.11. The first kappa shape index (κ1) is 15.3. The second-order valence-corrected chi connectivity index (χ2v) is 5.56. The molecule has 2 nitrogen and oxygen atoms in total. The van der Waals surface area contributed by atoms with E-state index in [9.17, 15) is 4.39 Å². The van der Waals surface area contributed by atoms with Crippen LogP contribution in [-0.2, 0) is 13.2 Å². The first-order valence-electron chi connectivity index (χ1n) is 6.10. The Morgan fingerprint density at radius 1 is 1.30 bits per heavy atom. The third-order valence-corrected chi connectivity index (χ3v) is 3.83. The lowest BCUT2D eigenvalue weighted by Crippen LogP contribution is -2.05. The van der Waals surface area contributed by atoms with E-state index in [1.165, 1.54) is 6.07 Å². The topological polar surface area (TPSA) is 21.3 Å². The smallest absolute Gasteiger partial charge is 0.183 e. The fraction of sp³-hybridized carbons (Fsp3) is 0.200. The molecule has 0 saturated carbocycles. The third-order valence-electron chi connectivity index (χ3n) is 2.80. The van der Waals surface area contributed by atoms with Crippen LogP contribution in [0.2, 0.25) is 5.02 Å². The van der Waals surface area contributed by atoms with E-state index in [0.717, 1.165) is 22.1 Å². The highest BCUT2D eigenvalue weighted by atomic mass is 79.9. The summed E-state index contributed by atoms with van der Waals surface area (Å²) in [6.45, 7) is 1.07. The minimum Gasteiger partial charge on any atom is -0.486 e. The summed E-state index contributed by atoms with van der Waals surface area (Å²) in [5.74, 6) is -0.374. The first-order chi connectivity index (χ1) is 9.61. The Bertz CT molecular complexity index is 606. The Morgan fingerprint density at radius 2 is 2.10 bits per heavy atom. The summed E-state index contributed by atoms with van der Waals surface area (Å²) in [6, 6.07) is 10.7. The molecule has 0 aliphatic heterocycles. The molecule has 0 aliphatic rings. The largest absolute Gasteiger partial charge is 0.486 e. The van der Waals surface area contributed by atoms with Crippen LogP contribution in [0.25, 0.3) is 0 Å². The third kappa shape index (κ3) is 3.72. The van der Waals surface area contributed by atoms with Crippen LogP contribution in [0.15, 0.2) is 40.9 Å². The van der Waals surface area contributed by atoms with E-state index in [1.807, 2.05) is 25.2 Å². The minimum absolute atomic E-state index is 0.0610. The van der Waals surface area contributed by atoms with Gasteiger partial charge in [0.25, 0.3) is 0 Å². The quantitative estimate of drug-likeness (QED) is 0.847. The molecule has 0 aromatic heterocycles. The zero-order chi connectivity index (χ0) is 14.5. The van der Waals surface area contributed by atoms with E-state index in [1.54, 1.807) is 12.1 Å². The molecule has 0 heterocycles. The predicted molar refractivity (Wildman–Crippen MR) is 82.6 cm³/mol. The molecule has 0 unspecified atom stereocenters. The fourth-order valence-corrected chi connectivity index (χ4v) is 2.48. The molecule has 0 spiro atoms. The number of nitrogens with one attached hydrogen (secondary N) is 1. The number of halogens is 3. The molecule has 106 valence electrons. The maximum atomic E-state index is 13.7. The molecule has 0 saturated heterocycles. The van der Waals surface area contributed by atoms with Crippen LogP contribution in [0.5, 0.6) is 5.75 Å². The normalized spacial score (nSPS) is 10.6. The van der Waals surface area contributed by atoms with Gasteiger partial charge in [-0.05, 0) is 30.8 Å². The number of hydrogen-bond donors (Lipinski definition) is 1. The predicted octanol–water partition coefficient (Wildman–Crippen LogP) is 4.54. The van der Waals surface area contributed by atoms with Gasteiger partial charge in [0.15, 0.2) is 11.6 Å². The zero-order valence-corrected chi connectivity index (χ0v) is 13.3. The van der Waals surface area contributed by atoms with Crippen molar-refractivity contribution < 1.29 is 9.13 Å². The Hall–Kier alpha value is -1.10. The lowest BCUT2D eigenvalue weighted by molar-refractivity contribution is 0.289. The van der Waals surface area contributed by atoms with Gasteiger partial charge in [-0.25, -0.2) is 4.39 Å². The van der Waals surface area contributed by atoms with Gasteiger partial charge in [0, 0.05) is 16.6 Å². The number of hydrogen-bond acceptors (Lipinski definition) is 2. The van der Waals surface area contributed by atoms with Gasteiger partial charge in [-0.1, -0.05) is 45.7 Å². The monoisotopic (exact) mass is 357 g/mol. The van der Waals surface area contributed by atoms with Crippen LogP contribution in [0.1, 0.15) is 11.1 Å². The Morgan fingerprint density at radius 3 is 2.80 bits per heavy atom. The van der Waals surface area contributed by atoms with Gasteiger partial charge < -0.3 is 10.1 Å². The molecule has 0 fully saturated rings. The summed E-state index contributed by atoms with van der Waals surface area (Å²) in [7, 11) is 1.90. The van der Waals surface area contributed by atoms with E-state index < -0.39 is 5.82 Å². The lowest BCUT2D eigenvalue weighted by atomic mass is 10.1. The fourth-order valence-electron chi connectivity index (χ4n) is 1.77. The molecular formula is C15H14BrClFNO. The van der Waals surface area contributed by atoms with Crippen LogP contribution in [0.4, 0.5) is 4.39 Å². The number of ether oxygens (including phenoxy) is 1. The average molecular weight is 359 g/mol. The molecule has 2 aromatic rings. The van der Waals surface area contributed by atoms with E-state index in [4.69, 9.17) is 16.3 Å². The van der Waals surface area contributed by atoms with Gasteiger partial charge in [0.1, 0.15) is 6.61 Å². The standard InChI is InChI=1S/C15H14BrClFNO/c1-19-8-10-5-6-11(12(16)7-10)9-20-14-4-2-3-13(17)15(14)18/h2-7,19H,8-9H2,1H3. The van der Waals surface area contributed by atoms with E-state index in [0.29, 0.717) is 0 Å². The van der Waals surface area contributed by atoms with Crippen LogP contribution in [-0.4, -0.2) is 7.05 Å². The highest BCUT2D eigenvalue weighted by molar-refractivity contribution is 9.10. The molecule has 0 radical (unpaired) electrons. The Kier molecular flexibility index (Phi) is 5.40. The first-order valence-corrected chi connectivity index (χ1v) is 7.27. The molecule has 0 aliphatic carbocycles. The van der Waals surface area contributed by atoms with Crippen molar-refractivity contribution in [2.24, 2.45) is 0 Å². The van der Waals surface area contributed by atoms with Crippen molar-refractivity contribution in [3.8, 4) is 5.75 Å². The van der Waals surface area contributed by atoms with Crippen LogP contribution < -0.4 is 10.1 Å². The van der Waals surface area contributed by atoms with Crippen LogP contribution in [0.3, 0.4) is 0 Å². The maximum absolute atomic E-state index is 13.7. The summed E-state index contributed by atoms with van der Waals surface area (Å²) in [4.78, 5) is 0. The lowest BCUT2D eigenvalue weighted by Gasteiger charge is -2.10. The molecule has 0 bridgehead atoms. The molecule has 2 aromatic carbocycles. The molecule has 0 amide bonds. The summed E-state index contributed by atoms with van der Waals surface area (Å²) in [5, 5.41) is 3.15. The number of benzene rings is 2. The minimum atomic E-state index is -0.530. The van der Waals surface area contributed by atoms with Gasteiger partial charge in [-0.2, -0.15) is 0 Å². The molecule has 0 atom stereocenters. The van der Waals surface area contributed by atoms with Crippen molar-refractivity contribution in [2.45, 2.75) is 13.2 Å². The van der Waals surface area contributed by atoms with Crippen molar-refractivity contribution in [2.75, 3.05) is 7.05 Å². The van der Waals surface area contributed by atoms with E-state index in [-0.39, 0.29) is 17.4 Å². The highest BCUT2D eigenvalue weighted by Crippen LogP contribution is 2.26. The molecule has 2 rings (SSSR count). The van der Waals surface area contributed by atoms with Crippen molar-refractivity contribution in [3.05, 3.63) is 62.8 Å². The van der Waals surface area contributed by atoms with Gasteiger partial charge in [0.2, 0.25) is 0 Å². The van der Waals surface area contributed by atoms with Crippen molar-refractivity contribution in [3.63, 3.8) is 0 Å². The molecule has 5 heteroatoms. The van der Waals surface area contributed by atoms with Crippen molar-refractivity contribution in [1.82, 2.24) is 5.32 Å². The number of rotatable bonds is 5. The highest BCUT2D eigenvalue weighted by Gasteiger charge is 2.08. The molecule has 1 N–H and O–H groups in total. The Balaban J connectivity index is 2.09.